The van der Waals surface area contributed by atoms with Crippen molar-refractivity contribution in [2.45, 2.75) is 52.1 Å². The molecule has 0 bridgehead atoms. The minimum absolute atomic E-state index is 0.203. The third-order valence-electron chi connectivity index (χ3n) is 3.96. The summed E-state index contributed by atoms with van der Waals surface area (Å²) in [6, 6.07) is 0. The van der Waals surface area contributed by atoms with Crippen molar-refractivity contribution in [3.63, 3.8) is 0 Å². The van der Waals surface area contributed by atoms with E-state index in [4.69, 9.17) is 10.5 Å². The normalized spacial score (nSPS) is 23.6. The van der Waals surface area contributed by atoms with Gasteiger partial charge in [-0.25, -0.2) is 0 Å². The summed E-state index contributed by atoms with van der Waals surface area (Å²) in [5.41, 5.74) is 5.62. The van der Waals surface area contributed by atoms with Crippen LogP contribution >= 0.6 is 0 Å². The Balaban J connectivity index is 2.34. The highest BCUT2D eigenvalue weighted by molar-refractivity contribution is 5.78. The summed E-state index contributed by atoms with van der Waals surface area (Å²) < 4.78 is 5.50. The zero-order valence-electron chi connectivity index (χ0n) is 12.7. The standard InChI is InChI=1S/C15H30N2O2/c1-12(2)19-10-9-17(3)15(18)14-6-4-5-13(11-14)7-8-16/h12-14H,4-11,16H2,1-3H3. The lowest BCUT2D eigenvalue weighted by Gasteiger charge is -2.31. The van der Waals surface area contributed by atoms with Crippen molar-refractivity contribution in [2.75, 3.05) is 26.7 Å². The molecule has 1 saturated carbocycles. The van der Waals surface area contributed by atoms with Gasteiger partial charge in [0.2, 0.25) is 5.91 Å². The van der Waals surface area contributed by atoms with Gasteiger partial charge in [-0.05, 0) is 45.6 Å². The lowest BCUT2D eigenvalue weighted by molar-refractivity contribution is -0.136. The van der Waals surface area contributed by atoms with Crippen molar-refractivity contribution in [1.82, 2.24) is 4.90 Å². The Kier molecular flexibility index (Phi) is 7.39. The Bertz CT molecular complexity index is 267. The molecule has 4 heteroatoms. The lowest BCUT2D eigenvalue weighted by atomic mass is 9.79. The highest BCUT2D eigenvalue weighted by atomic mass is 16.5. The molecule has 19 heavy (non-hydrogen) atoms. The van der Waals surface area contributed by atoms with Crippen molar-refractivity contribution in [3.05, 3.63) is 0 Å². The molecule has 0 aromatic heterocycles. The Labute approximate surface area is 117 Å². The highest BCUT2D eigenvalue weighted by Crippen LogP contribution is 2.31. The van der Waals surface area contributed by atoms with Gasteiger partial charge >= 0.3 is 0 Å². The van der Waals surface area contributed by atoms with Gasteiger partial charge in [0.05, 0.1) is 12.7 Å². The van der Waals surface area contributed by atoms with Crippen molar-refractivity contribution in [2.24, 2.45) is 17.6 Å². The molecule has 1 aliphatic rings. The van der Waals surface area contributed by atoms with Crippen LogP contribution in [0.5, 0.6) is 0 Å². The summed E-state index contributed by atoms with van der Waals surface area (Å²) in [4.78, 5) is 14.2. The molecule has 1 rings (SSSR count). The molecule has 0 heterocycles. The summed E-state index contributed by atoms with van der Waals surface area (Å²) in [5.74, 6) is 1.14. The van der Waals surface area contributed by atoms with E-state index in [1.807, 2.05) is 25.8 Å². The molecule has 0 aromatic carbocycles. The smallest absolute Gasteiger partial charge is 0.225 e. The third-order valence-corrected chi connectivity index (χ3v) is 3.96. The molecule has 0 saturated heterocycles. The van der Waals surface area contributed by atoms with Crippen LogP contribution in [0.3, 0.4) is 0 Å². The number of carbonyl (C=O) groups is 1. The maximum atomic E-state index is 12.4. The Morgan fingerprint density at radius 1 is 1.42 bits per heavy atom. The van der Waals surface area contributed by atoms with Crippen LogP contribution in [-0.4, -0.2) is 43.7 Å². The number of hydrogen-bond donors (Lipinski definition) is 1. The van der Waals surface area contributed by atoms with Gasteiger partial charge in [-0.1, -0.05) is 12.8 Å². The zero-order valence-corrected chi connectivity index (χ0v) is 12.7. The van der Waals surface area contributed by atoms with Gasteiger partial charge in [0, 0.05) is 19.5 Å². The van der Waals surface area contributed by atoms with Crippen LogP contribution in [0, 0.1) is 11.8 Å². The van der Waals surface area contributed by atoms with E-state index >= 15 is 0 Å². The minimum atomic E-state index is 0.203. The fourth-order valence-electron chi connectivity index (χ4n) is 2.86. The molecule has 2 unspecified atom stereocenters. The second kappa shape index (κ2) is 8.54. The number of carbonyl (C=O) groups excluding carboxylic acids is 1. The van der Waals surface area contributed by atoms with Crippen molar-refractivity contribution in [3.8, 4) is 0 Å². The summed E-state index contributed by atoms with van der Waals surface area (Å²) in [6.45, 7) is 6.08. The summed E-state index contributed by atoms with van der Waals surface area (Å²) in [6.07, 6.45) is 5.75. The van der Waals surface area contributed by atoms with Crippen LogP contribution in [-0.2, 0) is 9.53 Å². The minimum Gasteiger partial charge on any atom is -0.377 e. The fourth-order valence-corrected chi connectivity index (χ4v) is 2.86. The molecule has 2 atom stereocenters. The molecule has 112 valence electrons. The molecule has 1 fully saturated rings. The molecular weight excluding hydrogens is 240 g/mol. The first kappa shape index (κ1) is 16.4. The molecule has 0 aliphatic heterocycles. The topological polar surface area (TPSA) is 55.6 Å². The van der Waals surface area contributed by atoms with Crippen molar-refractivity contribution < 1.29 is 9.53 Å². The predicted octanol–water partition coefficient (Wildman–Crippen LogP) is 2.02. The van der Waals surface area contributed by atoms with Gasteiger partial charge in [-0.15, -0.1) is 0 Å². The molecule has 4 nitrogen and oxygen atoms in total. The largest absolute Gasteiger partial charge is 0.377 e. The number of nitrogens with zero attached hydrogens (tertiary/aromatic N) is 1. The summed E-state index contributed by atoms with van der Waals surface area (Å²) in [5, 5.41) is 0. The van der Waals surface area contributed by atoms with Crippen LogP contribution in [0.25, 0.3) is 0 Å². The Morgan fingerprint density at radius 3 is 2.79 bits per heavy atom. The number of hydrogen-bond acceptors (Lipinski definition) is 3. The number of amides is 1. The number of ether oxygens (including phenoxy) is 1. The SMILES string of the molecule is CC(C)OCCN(C)C(=O)C1CCCC(CCN)C1. The second-order valence-corrected chi connectivity index (χ2v) is 5.99. The van der Waals surface area contributed by atoms with Crippen LogP contribution in [0.2, 0.25) is 0 Å². The zero-order chi connectivity index (χ0) is 14.3. The van der Waals surface area contributed by atoms with Crippen molar-refractivity contribution in [1.29, 1.82) is 0 Å². The van der Waals surface area contributed by atoms with Gasteiger partial charge in [-0.3, -0.25) is 4.79 Å². The van der Waals surface area contributed by atoms with Crippen LogP contribution in [0.1, 0.15) is 46.0 Å². The average Bonchev–Trinajstić information content (AvgIpc) is 2.38. The van der Waals surface area contributed by atoms with E-state index in [1.165, 1.54) is 6.42 Å². The van der Waals surface area contributed by atoms with Crippen LogP contribution < -0.4 is 5.73 Å². The van der Waals surface area contributed by atoms with Crippen molar-refractivity contribution >= 4 is 5.91 Å². The monoisotopic (exact) mass is 270 g/mol. The molecular formula is C15H30N2O2. The van der Waals surface area contributed by atoms with E-state index in [-0.39, 0.29) is 17.9 Å². The summed E-state index contributed by atoms with van der Waals surface area (Å²) >= 11 is 0. The molecule has 0 aromatic rings. The van der Waals surface area contributed by atoms with E-state index in [9.17, 15) is 4.79 Å². The lowest BCUT2D eigenvalue weighted by Crippen LogP contribution is -2.37. The molecule has 1 amide bonds. The number of rotatable bonds is 7. The maximum absolute atomic E-state index is 12.4. The van der Waals surface area contributed by atoms with E-state index in [2.05, 4.69) is 0 Å². The Hall–Kier alpha value is -0.610. The number of likely N-dealkylation sites (N-methyl/N-ethyl adjacent to an activating group) is 1. The number of nitrogens with two attached hydrogens (primary N) is 1. The first-order valence-corrected chi connectivity index (χ1v) is 7.61. The first-order chi connectivity index (χ1) is 9.04. The summed E-state index contributed by atoms with van der Waals surface area (Å²) in [7, 11) is 1.89. The quantitative estimate of drug-likeness (QED) is 0.770. The van der Waals surface area contributed by atoms with Gasteiger partial charge < -0.3 is 15.4 Å². The van der Waals surface area contributed by atoms with Gasteiger partial charge in [0.25, 0.3) is 0 Å². The molecule has 0 spiro atoms. The maximum Gasteiger partial charge on any atom is 0.225 e. The predicted molar refractivity (Wildman–Crippen MR) is 77.8 cm³/mol. The molecule has 2 N–H and O–H groups in total. The average molecular weight is 270 g/mol. The molecule has 0 radical (unpaired) electrons. The Morgan fingerprint density at radius 2 is 2.16 bits per heavy atom. The van der Waals surface area contributed by atoms with E-state index in [0.29, 0.717) is 19.1 Å². The highest BCUT2D eigenvalue weighted by Gasteiger charge is 2.28. The fraction of sp³-hybridized carbons (Fsp3) is 0.933. The van der Waals surface area contributed by atoms with E-state index in [1.54, 1.807) is 0 Å². The second-order valence-electron chi connectivity index (χ2n) is 5.99. The van der Waals surface area contributed by atoms with E-state index in [0.717, 1.165) is 32.2 Å². The van der Waals surface area contributed by atoms with Gasteiger partial charge in [0.1, 0.15) is 0 Å². The van der Waals surface area contributed by atoms with Gasteiger partial charge in [-0.2, -0.15) is 0 Å². The van der Waals surface area contributed by atoms with Crippen LogP contribution in [0.15, 0.2) is 0 Å². The third kappa shape index (κ3) is 5.91. The van der Waals surface area contributed by atoms with E-state index < -0.39 is 0 Å². The molecule has 1 aliphatic carbocycles. The van der Waals surface area contributed by atoms with Crippen LogP contribution in [0.4, 0.5) is 0 Å². The first-order valence-electron chi connectivity index (χ1n) is 7.61. The van der Waals surface area contributed by atoms with Gasteiger partial charge in [0.15, 0.2) is 0 Å².